The Balaban J connectivity index is 0.000000358. The monoisotopic (exact) mass is 640 g/mol. The molecule has 0 aliphatic heterocycles. The van der Waals surface area contributed by atoms with Crippen LogP contribution >= 0.6 is 11.3 Å². The molecule has 0 radical (unpaired) electrons. The number of benzene rings is 2. The van der Waals surface area contributed by atoms with Crippen molar-refractivity contribution in [3.63, 3.8) is 0 Å². The number of hydrogen-bond acceptors (Lipinski definition) is 1. The van der Waals surface area contributed by atoms with Crippen molar-refractivity contribution in [3.05, 3.63) is 99.3 Å². The Bertz CT molecular complexity index is 1200. The zero-order valence-electron chi connectivity index (χ0n) is 24.2. The zero-order chi connectivity index (χ0) is 26.7. The first kappa shape index (κ1) is 35.0. The molecule has 5 rings (SSSR count). The number of allylic oxidation sites excluding steroid dienone is 4. The molecule has 1 aromatic heterocycles. The molecule has 0 amide bonds. The van der Waals surface area contributed by atoms with Gasteiger partial charge in [-0.1, -0.05) is 89.6 Å². The maximum atomic E-state index is 3.67. The molecule has 2 aliphatic carbocycles. The molecule has 4 heteroatoms. The maximum absolute atomic E-state index is 3.67. The van der Waals surface area contributed by atoms with Crippen LogP contribution in [0.2, 0.25) is 0 Å². The van der Waals surface area contributed by atoms with Crippen molar-refractivity contribution in [1.82, 2.24) is 0 Å². The van der Waals surface area contributed by atoms with Gasteiger partial charge in [0.25, 0.3) is 0 Å². The number of thiophene rings is 1. The molecule has 1 heterocycles. The summed E-state index contributed by atoms with van der Waals surface area (Å²) in [5.74, 6) is 0.491. The van der Waals surface area contributed by atoms with Crippen LogP contribution in [0.25, 0.3) is 16.7 Å². The summed E-state index contributed by atoms with van der Waals surface area (Å²) < 4.78 is 1.51. The predicted molar refractivity (Wildman–Crippen MR) is 157 cm³/mol. The number of halogens is 2. The topological polar surface area (TPSA) is 0 Å². The molecule has 0 saturated carbocycles. The van der Waals surface area contributed by atoms with Gasteiger partial charge in [0.1, 0.15) is 0 Å². The molecule has 202 valence electrons. The van der Waals surface area contributed by atoms with E-state index in [0.717, 1.165) is 6.42 Å². The SMILES string of the molecule is CC(C)(C)c1[c-]c2c(cc1)-c1ccc(C(C)(C)C)cc1C2.CC1[C-]=C(c2ccsc2)C=C1.C[C](C)=[Zr+2].[Cl-].[Cl-]. The summed E-state index contributed by atoms with van der Waals surface area (Å²) in [7, 11) is 0. The van der Waals surface area contributed by atoms with E-state index >= 15 is 0 Å². The minimum Gasteiger partial charge on any atom is -1.00 e. The van der Waals surface area contributed by atoms with Gasteiger partial charge in [-0.2, -0.15) is 52.8 Å². The van der Waals surface area contributed by atoms with Crippen LogP contribution in [0.5, 0.6) is 0 Å². The van der Waals surface area contributed by atoms with Crippen LogP contribution in [-0.4, -0.2) is 3.21 Å². The first-order valence-electron chi connectivity index (χ1n) is 12.8. The molecule has 0 nitrogen and oxygen atoms in total. The van der Waals surface area contributed by atoms with E-state index in [2.05, 4.69) is 134 Å². The molecule has 0 N–H and O–H groups in total. The summed E-state index contributed by atoms with van der Waals surface area (Å²) in [6, 6.07) is 17.3. The summed E-state index contributed by atoms with van der Waals surface area (Å²) >= 11 is 3.29. The van der Waals surface area contributed by atoms with E-state index in [1.54, 1.807) is 35.6 Å². The minimum atomic E-state index is 0. The molecule has 0 bridgehead atoms. The standard InChI is InChI=1S/C21H25.C10H9S.C3H6.2ClH.Zr/c1-20(2,3)16-7-9-18-14(12-16)11-15-13-17(21(4,5)6)8-10-19(15)18;1-8-2-3-9(6-8)10-4-5-11-7-10;1-3-2;;;/h7-10,12H,11H2,1-6H3;2-5,7-8H,1H3;1-2H3;2*1H;/q2*-1;;;;+2/p-2. The molecule has 0 spiro atoms. The fourth-order valence-corrected chi connectivity index (χ4v) is 4.86. The van der Waals surface area contributed by atoms with E-state index in [4.69, 9.17) is 0 Å². The van der Waals surface area contributed by atoms with Crippen molar-refractivity contribution in [2.75, 3.05) is 0 Å². The van der Waals surface area contributed by atoms with E-state index in [1.165, 1.54) is 47.7 Å². The van der Waals surface area contributed by atoms with Crippen molar-refractivity contribution < 1.29 is 49.0 Å². The van der Waals surface area contributed by atoms with Crippen molar-refractivity contribution in [3.8, 4) is 11.1 Å². The molecule has 2 aromatic carbocycles. The quantitative estimate of drug-likeness (QED) is 0.279. The fraction of sp³-hybridized carbons (Fsp3) is 0.382. The first-order chi connectivity index (χ1) is 16.8. The van der Waals surface area contributed by atoms with Gasteiger partial charge in [0.05, 0.1) is 0 Å². The Morgan fingerprint density at radius 1 is 0.921 bits per heavy atom. The molecule has 38 heavy (non-hydrogen) atoms. The van der Waals surface area contributed by atoms with Gasteiger partial charge < -0.3 is 24.8 Å². The van der Waals surface area contributed by atoms with Crippen LogP contribution in [0, 0.1) is 18.1 Å². The van der Waals surface area contributed by atoms with Crippen LogP contribution in [0.3, 0.4) is 0 Å². The summed E-state index contributed by atoms with van der Waals surface area (Å²) in [5, 5.41) is 4.26. The summed E-state index contributed by atoms with van der Waals surface area (Å²) in [6.07, 6.45) is 8.71. The second-order valence-corrected chi connectivity index (χ2v) is 15.3. The van der Waals surface area contributed by atoms with Gasteiger partial charge >= 0.3 is 41.3 Å². The van der Waals surface area contributed by atoms with Gasteiger partial charge in [0.15, 0.2) is 0 Å². The fourth-order valence-electron chi connectivity index (χ4n) is 4.21. The zero-order valence-corrected chi connectivity index (χ0v) is 29.0. The number of fused-ring (bicyclic) bond motifs is 3. The predicted octanol–water partition coefficient (Wildman–Crippen LogP) is 3.55. The largest absolute Gasteiger partial charge is 1.00 e. The Kier molecular flexibility index (Phi) is 13.4. The van der Waals surface area contributed by atoms with Gasteiger partial charge in [-0.05, 0) is 33.8 Å². The molecule has 1 atom stereocenters. The minimum absolute atomic E-state index is 0. The van der Waals surface area contributed by atoms with Gasteiger partial charge in [-0.3, -0.25) is 0 Å². The third kappa shape index (κ3) is 9.55. The Morgan fingerprint density at radius 3 is 2.05 bits per heavy atom. The summed E-state index contributed by atoms with van der Waals surface area (Å²) in [6.45, 7) is 20.0. The van der Waals surface area contributed by atoms with Gasteiger partial charge in [0, 0.05) is 0 Å². The van der Waals surface area contributed by atoms with Crippen molar-refractivity contribution in [1.29, 1.82) is 0 Å². The molecule has 3 aromatic rings. The third-order valence-corrected chi connectivity index (χ3v) is 6.91. The molecular weight excluding hydrogens is 603 g/mol. The van der Waals surface area contributed by atoms with E-state index in [1.807, 2.05) is 0 Å². The van der Waals surface area contributed by atoms with Crippen LogP contribution in [0.15, 0.2) is 59.3 Å². The summed E-state index contributed by atoms with van der Waals surface area (Å²) in [5.41, 5.74) is 11.3. The van der Waals surface area contributed by atoms with E-state index in [-0.39, 0.29) is 35.6 Å². The smallest absolute Gasteiger partial charge is 1.00 e. The second kappa shape index (κ2) is 14.5. The third-order valence-electron chi connectivity index (χ3n) is 6.23. The Morgan fingerprint density at radius 2 is 1.55 bits per heavy atom. The van der Waals surface area contributed by atoms with Crippen LogP contribution in [0.4, 0.5) is 0 Å². The van der Waals surface area contributed by atoms with E-state index < -0.39 is 0 Å². The number of rotatable bonds is 1. The first-order valence-corrected chi connectivity index (χ1v) is 15.0. The molecule has 2 aliphatic rings. The second-order valence-electron chi connectivity index (χ2n) is 12.0. The van der Waals surface area contributed by atoms with E-state index in [0.29, 0.717) is 5.92 Å². The average molecular weight is 643 g/mol. The average Bonchev–Trinajstić information content (AvgIpc) is 3.51. The summed E-state index contributed by atoms with van der Waals surface area (Å²) in [4.78, 5) is 0. The van der Waals surface area contributed by atoms with Crippen molar-refractivity contribution >= 4 is 20.1 Å². The molecule has 1 unspecified atom stereocenters. The Hall–Kier alpha value is -1.05. The molecule has 0 saturated heterocycles. The van der Waals surface area contributed by atoms with Crippen LogP contribution < -0.4 is 24.8 Å². The van der Waals surface area contributed by atoms with E-state index in [9.17, 15) is 0 Å². The van der Waals surface area contributed by atoms with Crippen molar-refractivity contribution in [2.45, 2.75) is 79.6 Å². The normalized spacial score (nSPS) is 14.9. The molecule has 0 fully saturated rings. The van der Waals surface area contributed by atoms with Gasteiger partial charge in [0.2, 0.25) is 0 Å². The van der Waals surface area contributed by atoms with Crippen molar-refractivity contribution in [2.24, 2.45) is 5.92 Å². The van der Waals surface area contributed by atoms with Crippen LogP contribution in [0.1, 0.15) is 90.1 Å². The maximum Gasteiger partial charge on any atom is -1.00 e. The number of hydrogen-bond donors (Lipinski definition) is 0. The van der Waals surface area contributed by atoms with Crippen LogP contribution in [-0.2, 0) is 41.5 Å². The Labute approximate surface area is 263 Å². The van der Waals surface area contributed by atoms with Gasteiger partial charge in [-0.25, -0.2) is 0 Å². The molecular formula is C34H40Cl2SZr-2. The van der Waals surface area contributed by atoms with Gasteiger partial charge in [-0.15, -0.1) is 22.8 Å².